The number of carbonyl (C=O) groups is 3. The Hall–Kier alpha value is -2.00. The molecule has 0 heterocycles. The van der Waals surface area contributed by atoms with Crippen molar-refractivity contribution in [1.82, 2.24) is 0 Å². The minimum absolute atomic E-state index is 0.107. The van der Waals surface area contributed by atoms with Gasteiger partial charge < -0.3 is 15.6 Å². The van der Waals surface area contributed by atoms with E-state index in [-0.39, 0.29) is 23.3 Å². The van der Waals surface area contributed by atoms with Crippen LogP contribution < -0.4 is 5.73 Å². The lowest BCUT2D eigenvalue weighted by Gasteiger charge is -2.09. The van der Waals surface area contributed by atoms with Crippen molar-refractivity contribution in [2.45, 2.75) is 31.1 Å². The Labute approximate surface area is 147 Å². The highest BCUT2D eigenvalue weighted by Crippen LogP contribution is 2.21. The summed E-state index contributed by atoms with van der Waals surface area (Å²) in [4.78, 5) is 33.2. The van der Waals surface area contributed by atoms with Crippen LogP contribution in [0.2, 0.25) is 0 Å². The van der Waals surface area contributed by atoms with E-state index in [4.69, 9.17) is 10.8 Å². The van der Waals surface area contributed by atoms with Crippen LogP contribution in [-0.4, -0.2) is 41.7 Å². The molecule has 0 amide bonds. The second-order valence-electron chi connectivity index (χ2n) is 5.29. The van der Waals surface area contributed by atoms with Crippen LogP contribution in [-0.2, 0) is 31.3 Å². The molecule has 9 heteroatoms. The monoisotopic (exact) mass is 375 g/mol. The van der Waals surface area contributed by atoms with Crippen LogP contribution in [0.15, 0.2) is 12.1 Å². The quantitative estimate of drug-likeness (QED) is 0.364. The number of thioether (sulfide) groups is 1. The Bertz CT molecular complexity index is 654. The molecule has 1 aromatic carbocycles. The number of methoxy groups -OCH3 is 1. The fourth-order valence-electron chi connectivity index (χ4n) is 1.90. The third-order valence-corrected chi connectivity index (χ3v) is 4.36. The zero-order valence-corrected chi connectivity index (χ0v) is 14.4. The second kappa shape index (κ2) is 10.1. The number of nitrogens with two attached hydrogens (primary N) is 1. The molecule has 0 saturated heterocycles. The van der Waals surface area contributed by atoms with Crippen LogP contribution in [0, 0.1) is 11.6 Å². The van der Waals surface area contributed by atoms with Gasteiger partial charge in [0.05, 0.1) is 7.11 Å². The molecule has 3 N–H and O–H groups in total. The van der Waals surface area contributed by atoms with Crippen molar-refractivity contribution in [2.75, 3.05) is 12.9 Å². The number of carboxylic acid groups (broad SMARTS) is 1. The maximum absolute atomic E-state index is 14.0. The van der Waals surface area contributed by atoms with E-state index >= 15 is 0 Å². The first-order valence-corrected chi connectivity index (χ1v) is 8.51. The van der Waals surface area contributed by atoms with E-state index in [0.29, 0.717) is 5.75 Å². The molecule has 25 heavy (non-hydrogen) atoms. The van der Waals surface area contributed by atoms with Crippen molar-refractivity contribution in [3.8, 4) is 0 Å². The van der Waals surface area contributed by atoms with Gasteiger partial charge in [0, 0.05) is 17.7 Å². The Morgan fingerprint density at radius 3 is 2.44 bits per heavy atom. The number of rotatable bonds is 10. The van der Waals surface area contributed by atoms with E-state index < -0.39 is 48.2 Å². The average Bonchev–Trinajstić information content (AvgIpc) is 2.54. The lowest BCUT2D eigenvalue weighted by Crippen LogP contribution is -2.30. The topological polar surface area (TPSA) is 107 Å². The lowest BCUT2D eigenvalue weighted by molar-refractivity contribution is -0.143. The number of aliphatic carboxylic acids is 1. The number of halogens is 2. The van der Waals surface area contributed by atoms with Gasteiger partial charge in [-0.05, 0) is 29.9 Å². The molecule has 0 spiro atoms. The summed E-state index contributed by atoms with van der Waals surface area (Å²) in [7, 11) is 1.13. The van der Waals surface area contributed by atoms with Gasteiger partial charge in [-0.3, -0.25) is 14.4 Å². The van der Waals surface area contributed by atoms with Crippen LogP contribution in [0.5, 0.6) is 0 Å². The van der Waals surface area contributed by atoms with E-state index in [9.17, 15) is 23.2 Å². The first kappa shape index (κ1) is 21.0. The molecular weight excluding hydrogens is 356 g/mol. The van der Waals surface area contributed by atoms with Crippen LogP contribution in [0.1, 0.15) is 24.0 Å². The summed E-state index contributed by atoms with van der Waals surface area (Å²) in [5, 5.41) is 8.65. The van der Waals surface area contributed by atoms with Crippen molar-refractivity contribution >= 4 is 29.5 Å². The summed E-state index contributed by atoms with van der Waals surface area (Å²) in [6.45, 7) is 0. The minimum atomic E-state index is -1.11. The number of carbonyl (C=O) groups excluding carboxylic acids is 2. The number of hydrogen-bond donors (Lipinski definition) is 2. The summed E-state index contributed by atoms with van der Waals surface area (Å²) < 4.78 is 32.4. The van der Waals surface area contributed by atoms with Crippen LogP contribution in [0.3, 0.4) is 0 Å². The smallest absolute Gasteiger partial charge is 0.320 e. The molecule has 1 atom stereocenters. The van der Waals surface area contributed by atoms with Crippen molar-refractivity contribution < 1.29 is 33.0 Å². The van der Waals surface area contributed by atoms with Gasteiger partial charge in [0.15, 0.2) is 0 Å². The van der Waals surface area contributed by atoms with Gasteiger partial charge in [0.1, 0.15) is 29.9 Å². The van der Waals surface area contributed by atoms with Crippen LogP contribution in [0.4, 0.5) is 8.78 Å². The molecule has 0 radical (unpaired) electrons. The highest BCUT2D eigenvalue weighted by atomic mass is 32.2. The molecule has 6 nitrogen and oxygen atoms in total. The van der Waals surface area contributed by atoms with E-state index in [0.717, 1.165) is 19.2 Å². The maximum Gasteiger partial charge on any atom is 0.320 e. The van der Waals surface area contributed by atoms with Crippen LogP contribution in [0.25, 0.3) is 0 Å². The largest absolute Gasteiger partial charge is 0.480 e. The van der Waals surface area contributed by atoms with E-state index in [1.54, 1.807) is 0 Å². The highest BCUT2D eigenvalue weighted by molar-refractivity contribution is 7.98. The standard InChI is InChI=1S/C16H19F2NO5S/c1-24-15(21)7-11(20)4-9-5-13(18)10(6-12(9)17)8-25-3-2-14(19)16(22)23/h5-6,14H,2-4,7-8,19H2,1H3,(H,22,23). The third-order valence-electron chi connectivity index (χ3n) is 3.32. The number of hydrogen-bond acceptors (Lipinski definition) is 6. The van der Waals surface area contributed by atoms with Crippen molar-refractivity contribution in [1.29, 1.82) is 0 Å². The van der Waals surface area contributed by atoms with Crippen molar-refractivity contribution in [3.63, 3.8) is 0 Å². The number of benzene rings is 1. The zero-order chi connectivity index (χ0) is 19.0. The van der Waals surface area contributed by atoms with Gasteiger partial charge in [-0.15, -0.1) is 0 Å². The third kappa shape index (κ3) is 7.18. The summed E-state index contributed by atoms with van der Waals surface area (Å²) in [5.74, 6) is -3.30. The number of Topliss-reactive ketones (excluding diaryl/α,β-unsaturated/α-hetero) is 1. The van der Waals surface area contributed by atoms with E-state index in [2.05, 4.69) is 4.74 Å². The lowest BCUT2D eigenvalue weighted by atomic mass is 10.0. The predicted molar refractivity (Wildman–Crippen MR) is 88.1 cm³/mol. The number of ketones is 1. The molecule has 0 aliphatic rings. The Morgan fingerprint density at radius 1 is 1.24 bits per heavy atom. The molecule has 1 rings (SSSR count). The van der Waals surface area contributed by atoms with E-state index in [1.165, 1.54) is 11.8 Å². The maximum atomic E-state index is 14.0. The Kier molecular flexibility index (Phi) is 8.50. The van der Waals surface area contributed by atoms with Gasteiger partial charge >= 0.3 is 11.9 Å². The second-order valence-corrected chi connectivity index (χ2v) is 6.39. The molecule has 1 aromatic rings. The number of carboxylic acids is 1. The van der Waals surface area contributed by atoms with Gasteiger partial charge in [0.25, 0.3) is 0 Å². The number of esters is 1. The fourth-order valence-corrected chi connectivity index (χ4v) is 2.91. The van der Waals surface area contributed by atoms with Crippen molar-refractivity contribution in [2.24, 2.45) is 5.73 Å². The summed E-state index contributed by atoms with van der Waals surface area (Å²) in [6.07, 6.45) is -0.693. The summed E-state index contributed by atoms with van der Waals surface area (Å²) in [6, 6.07) is 0.946. The summed E-state index contributed by atoms with van der Waals surface area (Å²) >= 11 is 1.23. The normalized spacial score (nSPS) is 11.8. The molecule has 0 aliphatic carbocycles. The first-order chi connectivity index (χ1) is 11.7. The Balaban J connectivity index is 2.62. The minimum Gasteiger partial charge on any atom is -0.480 e. The molecule has 0 aromatic heterocycles. The van der Waals surface area contributed by atoms with Crippen LogP contribution >= 0.6 is 11.8 Å². The molecule has 138 valence electrons. The molecule has 0 bridgehead atoms. The molecular formula is C16H19F2NO5S. The van der Waals surface area contributed by atoms with Gasteiger partial charge in [0.2, 0.25) is 0 Å². The SMILES string of the molecule is COC(=O)CC(=O)Cc1cc(F)c(CSCCC(N)C(=O)O)cc1F. The highest BCUT2D eigenvalue weighted by Gasteiger charge is 2.16. The number of ether oxygens (including phenoxy) is 1. The Morgan fingerprint density at radius 2 is 1.84 bits per heavy atom. The fraction of sp³-hybridized carbons (Fsp3) is 0.438. The predicted octanol–water partition coefficient (Wildman–Crippen LogP) is 1.67. The zero-order valence-electron chi connectivity index (χ0n) is 13.6. The molecule has 1 unspecified atom stereocenters. The summed E-state index contributed by atoms with van der Waals surface area (Å²) in [5.41, 5.74) is 5.32. The van der Waals surface area contributed by atoms with Crippen molar-refractivity contribution in [3.05, 3.63) is 34.9 Å². The molecule has 0 fully saturated rings. The van der Waals surface area contributed by atoms with Gasteiger partial charge in [-0.1, -0.05) is 0 Å². The van der Waals surface area contributed by atoms with Gasteiger partial charge in [-0.25, -0.2) is 8.78 Å². The first-order valence-electron chi connectivity index (χ1n) is 7.36. The molecule has 0 aliphatic heterocycles. The molecule has 0 saturated carbocycles. The van der Waals surface area contributed by atoms with E-state index in [1.807, 2.05) is 0 Å². The average molecular weight is 375 g/mol. The van der Waals surface area contributed by atoms with Gasteiger partial charge in [-0.2, -0.15) is 11.8 Å².